The molecule has 134 valence electrons. The van der Waals surface area contributed by atoms with E-state index in [4.69, 9.17) is 9.57 Å². The van der Waals surface area contributed by atoms with Gasteiger partial charge in [0.25, 0.3) is 0 Å². The van der Waals surface area contributed by atoms with Crippen LogP contribution < -0.4 is 0 Å². The Morgan fingerprint density at radius 1 is 1.33 bits per heavy atom. The zero-order chi connectivity index (χ0) is 17.5. The number of oxime groups is 1. The van der Waals surface area contributed by atoms with Crippen molar-refractivity contribution >= 4 is 5.71 Å². The van der Waals surface area contributed by atoms with Crippen LogP contribution in [0.5, 0.6) is 0 Å². The molecule has 1 aliphatic heterocycles. The lowest BCUT2D eigenvalue weighted by atomic mass is 10.0. The van der Waals surface area contributed by atoms with Gasteiger partial charge in [-0.15, -0.1) is 0 Å². The minimum atomic E-state index is -0.521. The number of benzene rings is 1. The van der Waals surface area contributed by atoms with Crippen molar-refractivity contribution in [2.45, 2.75) is 32.5 Å². The molecule has 2 rings (SSSR count). The van der Waals surface area contributed by atoms with Crippen LogP contribution in [0.15, 0.2) is 29.4 Å². The Morgan fingerprint density at radius 3 is 2.71 bits per heavy atom. The fraction of sp³-hybridized carbons (Fsp3) is 0.611. The third-order valence-electron chi connectivity index (χ3n) is 3.71. The maximum Gasteiger partial charge on any atom is 0.145 e. The van der Waals surface area contributed by atoms with Crippen molar-refractivity contribution in [3.63, 3.8) is 0 Å². The molecule has 2 atom stereocenters. The average molecular weight is 338 g/mol. The van der Waals surface area contributed by atoms with Crippen molar-refractivity contribution in [3.05, 3.63) is 35.6 Å². The molecule has 0 unspecified atom stereocenters. The molecular formula is C18H27FN2O3. The van der Waals surface area contributed by atoms with Gasteiger partial charge in [0, 0.05) is 26.1 Å². The molecule has 24 heavy (non-hydrogen) atoms. The molecule has 0 amide bonds. The summed E-state index contributed by atoms with van der Waals surface area (Å²) < 4.78 is 18.4. The standard InChI is InChI=1S/C18H27FN2O3/c1-13(2)11-23-12-16(22)9-21(3)10-17-8-18(20-24-17)14-4-6-15(19)7-5-14/h4-7,13,16-17,22H,8-12H2,1-3H3/t16-,17-/m0/s1. The molecule has 6 heteroatoms. The van der Waals surface area contributed by atoms with Gasteiger partial charge in [0.05, 0.1) is 18.4 Å². The fourth-order valence-corrected chi connectivity index (χ4v) is 2.61. The van der Waals surface area contributed by atoms with Crippen LogP contribution in [0.1, 0.15) is 25.8 Å². The molecular weight excluding hydrogens is 311 g/mol. The first-order valence-electron chi connectivity index (χ1n) is 8.37. The van der Waals surface area contributed by atoms with Gasteiger partial charge in [-0.1, -0.05) is 31.1 Å². The Kier molecular flexibility index (Phi) is 7.15. The van der Waals surface area contributed by atoms with Gasteiger partial charge in [-0.2, -0.15) is 0 Å². The number of halogens is 1. The molecule has 0 saturated carbocycles. The summed E-state index contributed by atoms with van der Waals surface area (Å²) >= 11 is 0. The largest absolute Gasteiger partial charge is 0.390 e. The zero-order valence-corrected chi connectivity index (χ0v) is 14.6. The van der Waals surface area contributed by atoms with E-state index in [2.05, 4.69) is 19.0 Å². The number of ether oxygens (including phenoxy) is 1. The molecule has 1 N–H and O–H groups in total. The Balaban J connectivity index is 1.70. The highest BCUT2D eigenvalue weighted by Gasteiger charge is 2.24. The van der Waals surface area contributed by atoms with Gasteiger partial charge in [-0.05, 0) is 30.7 Å². The van der Waals surface area contributed by atoms with Gasteiger partial charge in [-0.25, -0.2) is 4.39 Å². The molecule has 1 aliphatic rings. The number of nitrogens with zero attached hydrogens (tertiary/aromatic N) is 2. The Labute approximate surface area is 143 Å². The molecule has 1 heterocycles. The van der Waals surface area contributed by atoms with E-state index >= 15 is 0 Å². The summed E-state index contributed by atoms with van der Waals surface area (Å²) in [5.74, 6) is 0.201. The third kappa shape index (κ3) is 6.19. The van der Waals surface area contributed by atoms with Crippen LogP contribution in [0, 0.1) is 11.7 Å². The first-order chi connectivity index (χ1) is 11.4. The molecule has 1 aromatic carbocycles. The monoisotopic (exact) mass is 338 g/mol. The van der Waals surface area contributed by atoms with E-state index in [1.54, 1.807) is 12.1 Å². The Hall–Kier alpha value is -1.50. The summed E-state index contributed by atoms with van der Waals surface area (Å²) in [6.45, 7) is 6.33. The van der Waals surface area contributed by atoms with Crippen LogP contribution >= 0.6 is 0 Å². The van der Waals surface area contributed by atoms with Gasteiger partial charge >= 0.3 is 0 Å². The number of rotatable bonds is 9. The summed E-state index contributed by atoms with van der Waals surface area (Å²) in [6.07, 6.45) is 0.0992. The molecule has 0 saturated heterocycles. The van der Waals surface area contributed by atoms with Crippen molar-refractivity contribution in [3.8, 4) is 0 Å². The van der Waals surface area contributed by atoms with E-state index in [1.165, 1.54) is 12.1 Å². The second-order valence-corrected chi connectivity index (χ2v) is 6.78. The van der Waals surface area contributed by atoms with Gasteiger partial charge in [-0.3, -0.25) is 4.90 Å². The predicted molar refractivity (Wildman–Crippen MR) is 91.6 cm³/mol. The van der Waals surface area contributed by atoms with E-state index in [0.717, 1.165) is 11.3 Å². The third-order valence-corrected chi connectivity index (χ3v) is 3.71. The number of hydrogen-bond acceptors (Lipinski definition) is 5. The van der Waals surface area contributed by atoms with Gasteiger partial charge in [0.15, 0.2) is 0 Å². The Morgan fingerprint density at radius 2 is 2.04 bits per heavy atom. The van der Waals surface area contributed by atoms with E-state index < -0.39 is 6.10 Å². The molecule has 0 aliphatic carbocycles. The van der Waals surface area contributed by atoms with E-state index in [0.29, 0.717) is 38.6 Å². The fourth-order valence-electron chi connectivity index (χ4n) is 2.61. The molecule has 1 aromatic rings. The van der Waals surface area contributed by atoms with Crippen LogP contribution in [0.4, 0.5) is 4.39 Å². The molecule has 0 radical (unpaired) electrons. The highest BCUT2D eigenvalue weighted by molar-refractivity contribution is 6.01. The maximum atomic E-state index is 13.0. The van der Waals surface area contributed by atoms with E-state index in [-0.39, 0.29) is 11.9 Å². The van der Waals surface area contributed by atoms with Crippen LogP contribution in [0.2, 0.25) is 0 Å². The summed E-state index contributed by atoms with van der Waals surface area (Å²) in [7, 11) is 1.94. The smallest absolute Gasteiger partial charge is 0.145 e. The second-order valence-electron chi connectivity index (χ2n) is 6.78. The van der Waals surface area contributed by atoms with Gasteiger partial charge in [0.1, 0.15) is 11.9 Å². The van der Waals surface area contributed by atoms with Crippen LogP contribution in [-0.2, 0) is 9.57 Å². The number of hydrogen-bond donors (Lipinski definition) is 1. The van der Waals surface area contributed by atoms with E-state index in [9.17, 15) is 9.50 Å². The number of aliphatic hydroxyl groups is 1. The minimum absolute atomic E-state index is 0.0566. The number of likely N-dealkylation sites (N-methyl/N-ethyl adjacent to an activating group) is 1. The summed E-state index contributed by atoms with van der Waals surface area (Å²) in [5, 5.41) is 14.1. The molecule has 0 spiro atoms. The van der Waals surface area contributed by atoms with Gasteiger partial charge in [0.2, 0.25) is 0 Å². The summed E-state index contributed by atoms with van der Waals surface area (Å²) in [4.78, 5) is 7.47. The lowest BCUT2D eigenvalue weighted by Crippen LogP contribution is -2.37. The van der Waals surface area contributed by atoms with Gasteiger partial charge < -0.3 is 14.7 Å². The molecule has 0 bridgehead atoms. The van der Waals surface area contributed by atoms with Crippen LogP contribution in [-0.4, -0.2) is 61.3 Å². The quantitative estimate of drug-likeness (QED) is 0.751. The first kappa shape index (κ1) is 18.8. The summed E-state index contributed by atoms with van der Waals surface area (Å²) in [6, 6.07) is 6.26. The SMILES string of the molecule is CC(C)COC[C@@H](O)CN(C)C[C@@H]1CC(c2ccc(F)cc2)=NO1. The molecule has 5 nitrogen and oxygen atoms in total. The predicted octanol–water partition coefficient (Wildman–Crippen LogP) is 2.28. The van der Waals surface area contributed by atoms with Crippen molar-refractivity contribution in [1.82, 2.24) is 4.90 Å². The van der Waals surface area contributed by atoms with Crippen molar-refractivity contribution in [2.24, 2.45) is 11.1 Å². The highest BCUT2D eigenvalue weighted by Crippen LogP contribution is 2.17. The Bertz CT molecular complexity index is 534. The topological polar surface area (TPSA) is 54.3 Å². The normalized spacial score (nSPS) is 18.8. The summed E-state index contributed by atoms with van der Waals surface area (Å²) in [5.41, 5.74) is 1.71. The van der Waals surface area contributed by atoms with Crippen LogP contribution in [0.25, 0.3) is 0 Å². The average Bonchev–Trinajstić information content (AvgIpc) is 2.95. The minimum Gasteiger partial charge on any atom is -0.390 e. The van der Waals surface area contributed by atoms with Crippen molar-refractivity contribution in [2.75, 3.05) is 33.4 Å². The van der Waals surface area contributed by atoms with Crippen molar-refractivity contribution < 1.29 is 19.1 Å². The highest BCUT2D eigenvalue weighted by atomic mass is 19.1. The zero-order valence-electron chi connectivity index (χ0n) is 14.6. The second kappa shape index (κ2) is 9.11. The van der Waals surface area contributed by atoms with Crippen LogP contribution in [0.3, 0.4) is 0 Å². The number of aliphatic hydroxyl groups excluding tert-OH is 1. The maximum absolute atomic E-state index is 13.0. The molecule has 0 fully saturated rings. The lowest BCUT2D eigenvalue weighted by molar-refractivity contribution is 0.000361. The molecule has 0 aromatic heterocycles. The van der Waals surface area contributed by atoms with Crippen molar-refractivity contribution in [1.29, 1.82) is 0 Å². The lowest BCUT2D eigenvalue weighted by Gasteiger charge is -2.22. The first-order valence-corrected chi connectivity index (χ1v) is 8.37. The van der Waals surface area contributed by atoms with E-state index in [1.807, 2.05) is 11.9 Å².